The van der Waals surface area contributed by atoms with E-state index in [1.807, 2.05) is 6.20 Å². The van der Waals surface area contributed by atoms with Crippen molar-refractivity contribution in [3.8, 4) is 5.75 Å². The second-order valence-electron chi connectivity index (χ2n) is 7.97. The molecule has 0 saturated carbocycles. The average Bonchev–Trinajstić information content (AvgIpc) is 3.16. The van der Waals surface area contributed by atoms with Crippen LogP contribution in [0.4, 0.5) is 0 Å². The second kappa shape index (κ2) is 7.02. The topological polar surface area (TPSA) is 54.3 Å². The Kier molecular flexibility index (Phi) is 4.38. The molecule has 2 heterocycles. The van der Waals surface area contributed by atoms with Crippen LogP contribution in [0.25, 0.3) is 10.9 Å². The fourth-order valence-electron chi connectivity index (χ4n) is 4.81. The number of H-pyrrole nitrogens is 1. The van der Waals surface area contributed by atoms with Crippen molar-refractivity contribution < 1.29 is 4.74 Å². The van der Waals surface area contributed by atoms with Crippen molar-refractivity contribution in [1.29, 1.82) is 0 Å². The SMILES string of the molecule is N[C@H]1CCCN([C@H]2CCc3ccccc3[C@@H]2Oc2ccc3cc[nH]c3c2)C1. The number of rotatable bonds is 3. The first kappa shape index (κ1) is 16.8. The van der Waals surface area contributed by atoms with Gasteiger partial charge in [-0.15, -0.1) is 0 Å². The van der Waals surface area contributed by atoms with Crippen LogP contribution in [0, 0.1) is 0 Å². The van der Waals surface area contributed by atoms with Gasteiger partial charge in [0.1, 0.15) is 11.9 Å². The maximum Gasteiger partial charge on any atom is 0.139 e. The van der Waals surface area contributed by atoms with E-state index >= 15 is 0 Å². The van der Waals surface area contributed by atoms with Gasteiger partial charge in [-0.1, -0.05) is 24.3 Å². The summed E-state index contributed by atoms with van der Waals surface area (Å²) >= 11 is 0. The Balaban J connectivity index is 1.49. The number of aromatic amines is 1. The number of piperidine rings is 1. The van der Waals surface area contributed by atoms with E-state index in [1.54, 1.807) is 0 Å². The third-order valence-corrected chi connectivity index (χ3v) is 6.17. The van der Waals surface area contributed by atoms with Crippen molar-refractivity contribution in [2.45, 2.75) is 43.9 Å². The van der Waals surface area contributed by atoms with Crippen molar-refractivity contribution in [3.05, 3.63) is 65.9 Å². The molecule has 1 aromatic heterocycles. The minimum absolute atomic E-state index is 0.0488. The van der Waals surface area contributed by atoms with Gasteiger partial charge in [-0.2, -0.15) is 0 Å². The molecular weight excluding hydrogens is 334 g/mol. The van der Waals surface area contributed by atoms with Crippen molar-refractivity contribution in [3.63, 3.8) is 0 Å². The Hall–Kier alpha value is -2.30. The highest BCUT2D eigenvalue weighted by Gasteiger charge is 2.36. The van der Waals surface area contributed by atoms with E-state index in [4.69, 9.17) is 10.5 Å². The highest BCUT2D eigenvalue weighted by atomic mass is 16.5. The van der Waals surface area contributed by atoms with Crippen molar-refractivity contribution in [1.82, 2.24) is 9.88 Å². The van der Waals surface area contributed by atoms with Crippen LogP contribution in [-0.2, 0) is 6.42 Å². The van der Waals surface area contributed by atoms with Crippen LogP contribution in [0.3, 0.4) is 0 Å². The standard InChI is InChI=1S/C23H27N3O/c24-18-5-3-13-26(15-18)22-10-8-16-4-1-2-6-20(16)23(22)27-19-9-7-17-11-12-25-21(17)14-19/h1-2,4,6-7,9,11-12,14,18,22-23,25H,3,5,8,10,13,15,24H2/t18-,22-,23-/m0/s1. The summed E-state index contributed by atoms with van der Waals surface area (Å²) in [5, 5.41) is 1.21. The molecule has 5 rings (SSSR count). The maximum atomic E-state index is 6.66. The largest absolute Gasteiger partial charge is 0.484 e. The van der Waals surface area contributed by atoms with Gasteiger partial charge in [-0.3, -0.25) is 4.90 Å². The molecule has 0 bridgehead atoms. The maximum absolute atomic E-state index is 6.66. The molecule has 0 unspecified atom stereocenters. The zero-order chi connectivity index (χ0) is 18.2. The average molecular weight is 361 g/mol. The number of aromatic nitrogens is 1. The molecule has 2 aliphatic rings. The first-order valence-corrected chi connectivity index (χ1v) is 10.1. The number of nitrogens with two attached hydrogens (primary N) is 1. The third kappa shape index (κ3) is 3.24. The molecule has 0 amide bonds. The molecule has 140 valence electrons. The molecular formula is C23H27N3O. The van der Waals surface area contributed by atoms with E-state index in [0.717, 1.165) is 43.6 Å². The Bertz CT molecular complexity index is 934. The highest BCUT2D eigenvalue weighted by molar-refractivity contribution is 5.80. The van der Waals surface area contributed by atoms with Crippen LogP contribution in [0.2, 0.25) is 0 Å². The van der Waals surface area contributed by atoms with Gasteiger partial charge in [-0.05, 0) is 66.9 Å². The number of nitrogens with one attached hydrogen (secondary N) is 1. The number of ether oxygens (including phenoxy) is 1. The molecule has 0 radical (unpaired) electrons. The van der Waals surface area contributed by atoms with Crippen LogP contribution in [0.1, 0.15) is 36.5 Å². The summed E-state index contributed by atoms with van der Waals surface area (Å²) < 4.78 is 6.66. The predicted molar refractivity (Wildman–Crippen MR) is 109 cm³/mol. The summed E-state index contributed by atoms with van der Waals surface area (Å²) in [5.41, 5.74) is 10.2. The first-order chi connectivity index (χ1) is 13.3. The number of likely N-dealkylation sites (tertiary alicyclic amines) is 1. The Morgan fingerprint density at radius 1 is 1.07 bits per heavy atom. The molecule has 1 saturated heterocycles. The monoisotopic (exact) mass is 361 g/mol. The van der Waals surface area contributed by atoms with E-state index in [1.165, 1.54) is 22.9 Å². The van der Waals surface area contributed by atoms with Crippen LogP contribution >= 0.6 is 0 Å². The molecule has 27 heavy (non-hydrogen) atoms. The zero-order valence-electron chi connectivity index (χ0n) is 15.6. The van der Waals surface area contributed by atoms with Gasteiger partial charge in [0, 0.05) is 30.4 Å². The quantitative estimate of drug-likeness (QED) is 0.741. The molecule has 1 aliphatic heterocycles. The van der Waals surface area contributed by atoms with Gasteiger partial charge in [0.05, 0.1) is 6.04 Å². The lowest BCUT2D eigenvalue weighted by Gasteiger charge is -2.43. The molecule has 0 spiro atoms. The molecule has 1 fully saturated rings. The summed E-state index contributed by atoms with van der Waals surface area (Å²) in [5.74, 6) is 0.929. The molecule has 4 heteroatoms. The van der Waals surface area contributed by atoms with Crippen molar-refractivity contribution in [2.75, 3.05) is 13.1 Å². The number of hydrogen-bond donors (Lipinski definition) is 2. The number of aryl methyl sites for hydroxylation is 1. The summed E-state index contributed by atoms with van der Waals surface area (Å²) in [7, 11) is 0. The van der Waals surface area contributed by atoms with Crippen LogP contribution in [0.15, 0.2) is 54.7 Å². The zero-order valence-corrected chi connectivity index (χ0v) is 15.6. The van der Waals surface area contributed by atoms with Gasteiger partial charge in [0.15, 0.2) is 0 Å². The lowest BCUT2D eigenvalue weighted by molar-refractivity contribution is 0.0368. The normalized spacial score (nSPS) is 26.0. The Morgan fingerprint density at radius 2 is 2.00 bits per heavy atom. The van der Waals surface area contributed by atoms with E-state index in [0.29, 0.717) is 6.04 Å². The predicted octanol–water partition coefficient (Wildman–Crippen LogP) is 4.03. The van der Waals surface area contributed by atoms with E-state index in [-0.39, 0.29) is 12.1 Å². The molecule has 2 aromatic carbocycles. The van der Waals surface area contributed by atoms with Gasteiger partial charge in [-0.25, -0.2) is 0 Å². The number of benzene rings is 2. The lowest BCUT2D eigenvalue weighted by atomic mass is 9.84. The van der Waals surface area contributed by atoms with Crippen molar-refractivity contribution in [2.24, 2.45) is 5.73 Å². The summed E-state index contributed by atoms with van der Waals surface area (Å²) in [4.78, 5) is 5.86. The summed E-state index contributed by atoms with van der Waals surface area (Å²) in [6, 6.07) is 17.8. The molecule has 1 aliphatic carbocycles. The summed E-state index contributed by atoms with van der Waals surface area (Å²) in [6.45, 7) is 2.10. The minimum atomic E-state index is 0.0488. The van der Waals surface area contributed by atoms with Crippen molar-refractivity contribution >= 4 is 10.9 Å². The van der Waals surface area contributed by atoms with E-state index in [9.17, 15) is 0 Å². The van der Waals surface area contributed by atoms with Crippen LogP contribution in [-0.4, -0.2) is 35.1 Å². The number of hydrogen-bond acceptors (Lipinski definition) is 3. The fraction of sp³-hybridized carbons (Fsp3) is 0.391. The third-order valence-electron chi connectivity index (χ3n) is 6.17. The first-order valence-electron chi connectivity index (χ1n) is 10.1. The Labute approximate surface area is 160 Å². The summed E-state index contributed by atoms with van der Waals surface area (Å²) in [6.07, 6.45) is 6.58. The minimum Gasteiger partial charge on any atom is -0.484 e. The van der Waals surface area contributed by atoms with Gasteiger partial charge >= 0.3 is 0 Å². The molecule has 3 atom stereocenters. The molecule has 3 N–H and O–H groups in total. The van der Waals surface area contributed by atoms with E-state index < -0.39 is 0 Å². The van der Waals surface area contributed by atoms with Gasteiger partial charge in [0.2, 0.25) is 0 Å². The molecule has 4 nitrogen and oxygen atoms in total. The Morgan fingerprint density at radius 3 is 2.93 bits per heavy atom. The van der Waals surface area contributed by atoms with Gasteiger partial charge in [0.25, 0.3) is 0 Å². The molecule has 3 aromatic rings. The van der Waals surface area contributed by atoms with Crippen LogP contribution in [0.5, 0.6) is 5.75 Å². The second-order valence-corrected chi connectivity index (χ2v) is 7.97. The number of fused-ring (bicyclic) bond motifs is 2. The van der Waals surface area contributed by atoms with Gasteiger partial charge < -0.3 is 15.5 Å². The van der Waals surface area contributed by atoms with Crippen LogP contribution < -0.4 is 10.5 Å². The smallest absolute Gasteiger partial charge is 0.139 e. The lowest BCUT2D eigenvalue weighted by Crippen LogP contribution is -2.51. The fourth-order valence-corrected chi connectivity index (χ4v) is 4.81. The van der Waals surface area contributed by atoms with E-state index in [2.05, 4.69) is 58.4 Å². The number of nitrogens with zero attached hydrogens (tertiary/aromatic N) is 1. The highest BCUT2D eigenvalue weighted by Crippen LogP contribution is 2.38.